The van der Waals surface area contributed by atoms with E-state index in [4.69, 9.17) is 11.6 Å². The molecule has 6 nitrogen and oxygen atoms in total. The minimum Gasteiger partial charge on any atom is -0.333 e. The molecule has 11 heteroatoms. The van der Waals surface area contributed by atoms with Crippen LogP contribution in [0.5, 0.6) is 0 Å². The number of nitrogens with one attached hydrogen (secondary N) is 1. The van der Waals surface area contributed by atoms with E-state index in [2.05, 4.69) is 21.3 Å². The number of hydrogen-bond acceptors (Lipinski definition) is 4. The van der Waals surface area contributed by atoms with Crippen LogP contribution in [0.4, 0.5) is 18.0 Å². The number of pyridine rings is 1. The maximum atomic E-state index is 14.0. The molecule has 0 fully saturated rings. The Labute approximate surface area is 233 Å². The monoisotopic (exact) mass is 571 g/mol. The number of benzene rings is 2. The fourth-order valence-electron chi connectivity index (χ4n) is 4.71. The zero-order valence-electron chi connectivity index (χ0n) is 20.4. The summed E-state index contributed by atoms with van der Waals surface area (Å²) < 4.78 is 42.8. The lowest BCUT2D eigenvalue weighted by Gasteiger charge is -2.27. The Kier molecular flexibility index (Phi) is 8.60. The minimum atomic E-state index is -0.970. The molecule has 1 aliphatic rings. The van der Waals surface area contributed by atoms with Gasteiger partial charge in [0.25, 0.3) is 0 Å². The van der Waals surface area contributed by atoms with Gasteiger partial charge >= 0.3 is 6.03 Å². The summed E-state index contributed by atoms with van der Waals surface area (Å²) in [4.78, 5) is 19.3. The van der Waals surface area contributed by atoms with Crippen molar-refractivity contribution in [3.8, 4) is 6.07 Å². The Morgan fingerprint density at radius 2 is 1.92 bits per heavy atom. The number of nitriles is 1. The molecule has 2 aromatic heterocycles. The van der Waals surface area contributed by atoms with Gasteiger partial charge < -0.3 is 5.32 Å². The number of carbonyl (C=O) groups is 1. The molecule has 0 saturated carbocycles. The third-order valence-electron chi connectivity index (χ3n) is 6.49. The zero-order chi connectivity index (χ0) is 26.8. The van der Waals surface area contributed by atoms with E-state index in [9.17, 15) is 23.2 Å². The second-order valence-electron chi connectivity index (χ2n) is 8.92. The molecule has 39 heavy (non-hydrogen) atoms. The van der Waals surface area contributed by atoms with Crippen molar-refractivity contribution in [2.75, 3.05) is 13.1 Å². The number of fused-ring (bicyclic) bond motifs is 3. The van der Waals surface area contributed by atoms with Gasteiger partial charge in [0.05, 0.1) is 17.1 Å². The summed E-state index contributed by atoms with van der Waals surface area (Å²) in [6.07, 6.45) is 5.04. The largest absolute Gasteiger partial charge is 0.333 e. The smallest absolute Gasteiger partial charge is 0.326 e. The van der Waals surface area contributed by atoms with Gasteiger partial charge in [0.2, 0.25) is 0 Å². The first-order valence-corrected chi connectivity index (χ1v) is 12.2. The van der Waals surface area contributed by atoms with Crippen molar-refractivity contribution in [3.05, 3.63) is 105 Å². The van der Waals surface area contributed by atoms with Crippen LogP contribution in [0.1, 0.15) is 27.9 Å². The van der Waals surface area contributed by atoms with E-state index in [-0.39, 0.29) is 30.5 Å². The Morgan fingerprint density at radius 3 is 2.64 bits per heavy atom. The molecular weight excluding hydrogens is 550 g/mol. The highest BCUT2D eigenvalue weighted by molar-refractivity contribution is 6.29. The van der Waals surface area contributed by atoms with Crippen molar-refractivity contribution in [2.45, 2.75) is 19.5 Å². The van der Waals surface area contributed by atoms with Crippen LogP contribution < -0.4 is 5.32 Å². The average molecular weight is 572 g/mol. The molecule has 1 N–H and O–H groups in total. The van der Waals surface area contributed by atoms with Gasteiger partial charge in [-0.25, -0.2) is 22.9 Å². The summed E-state index contributed by atoms with van der Waals surface area (Å²) in [7, 11) is 0. The van der Waals surface area contributed by atoms with Gasteiger partial charge in [-0.2, -0.15) is 5.26 Å². The number of amides is 1. The van der Waals surface area contributed by atoms with Crippen molar-refractivity contribution < 1.29 is 18.0 Å². The molecular formula is C28H22Cl2F3N5O. The molecule has 0 spiro atoms. The van der Waals surface area contributed by atoms with E-state index >= 15 is 0 Å². The number of aromatic nitrogens is 2. The molecule has 0 radical (unpaired) electrons. The van der Waals surface area contributed by atoms with Crippen LogP contribution >= 0.6 is 24.0 Å². The average Bonchev–Trinajstić information content (AvgIpc) is 3.22. The van der Waals surface area contributed by atoms with Crippen LogP contribution in [0.15, 0.2) is 54.7 Å². The summed E-state index contributed by atoms with van der Waals surface area (Å²) in [6.45, 7) is 1.72. The molecule has 5 rings (SSSR count). The number of carbonyl (C=O) groups excluding carboxylic acids is 1. The quantitative estimate of drug-likeness (QED) is 0.288. The van der Waals surface area contributed by atoms with E-state index < -0.39 is 17.5 Å². The Hall–Kier alpha value is -3.84. The van der Waals surface area contributed by atoms with Crippen LogP contribution in [0.25, 0.3) is 17.0 Å². The predicted octanol–water partition coefficient (Wildman–Crippen LogP) is 6.23. The molecule has 2 aromatic carbocycles. The van der Waals surface area contributed by atoms with Crippen LogP contribution in [0.3, 0.4) is 0 Å². The topological polar surface area (TPSA) is 74.0 Å². The van der Waals surface area contributed by atoms with Gasteiger partial charge in [0.15, 0.2) is 0 Å². The molecule has 0 atom stereocenters. The van der Waals surface area contributed by atoms with Crippen molar-refractivity contribution in [1.82, 2.24) is 19.8 Å². The highest BCUT2D eigenvalue weighted by Gasteiger charge is 2.26. The van der Waals surface area contributed by atoms with E-state index in [0.717, 1.165) is 22.2 Å². The van der Waals surface area contributed by atoms with Crippen LogP contribution in [-0.4, -0.2) is 33.6 Å². The maximum absolute atomic E-state index is 14.0. The van der Waals surface area contributed by atoms with Gasteiger partial charge in [0, 0.05) is 67.6 Å². The summed E-state index contributed by atoms with van der Waals surface area (Å²) in [5.41, 5.74) is 3.43. The van der Waals surface area contributed by atoms with Crippen LogP contribution in [0, 0.1) is 28.8 Å². The highest BCUT2D eigenvalue weighted by Crippen LogP contribution is 2.32. The van der Waals surface area contributed by atoms with Gasteiger partial charge in [-0.05, 0) is 41.5 Å². The minimum absolute atomic E-state index is 0. The van der Waals surface area contributed by atoms with Crippen molar-refractivity contribution in [1.29, 1.82) is 5.26 Å². The lowest BCUT2D eigenvalue weighted by Crippen LogP contribution is -2.34. The van der Waals surface area contributed by atoms with E-state index in [1.54, 1.807) is 47.2 Å². The summed E-state index contributed by atoms with van der Waals surface area (Å²) >= 11 is 5.95. The third-order valence-corrected chi connectivity index (χ3v) is 6.69. The molecule has 4 aromatic rings. The first-order valence-electron chi connectivity index (χ1n) is 11.8. The molecule has 0 saturated heterocycles. The Morgan fingerprint density at radius 1 is 1.15 bits per heavy atom. The van der Waals surface area contributed by atoms with Crippen LogP contribution in [-0.2, 0) is 19.5 Å². The van der Waals surface area contributed by atoms with Crippen molar-refractivity contribution >= 4 is 47.0 Å². The summed E-state index contributed by atoms with van der Waals surface area (Å²) in [5.74, 6) is -2.90. The van der Waals surface area contributed by atoms with E-state index in [1.807, 2.05) is 0 Å². The molecule has 200 valence electrons. The number of rotatable bonds is 5. The fourth-order valence-corrected chi connectivity index (χ4v) is 4.91. The maximum Gasteiger partial charge on any atom is 0.326 e. The second kappa shape index (κ2) is 11.9. The lowest BCUT2D eigenvalue weighted by molar-refractivity contribution is 0.240. The molecule has 0 aliphatic carbocycles. The zero-order valence-corrected chi connectivity index (χ0v) is 22.0. The standard InChI is InChI=1S/C28H21ClF3N5O.ClH/c29-27-11-18(5-7-34-27)15-35-28(38)37-25-4-3-17(14-33)10-21(25)22-16-36(9-6-26(22)37)8-1-2-20-23(31)12-19(30)13-24(20)32;/h1-5,7,10-13H,6,8-9,15-16H2,(H,35,38);1H/b2-1+;. The van der Waals surface area contributed by atoms with Gasteiger partial charge in [-0.1, -0.05) is 23.8 Å². The Balaban J connectivity index is 0.00000353. The first kappa shape index (κ1) is 28.2. The second-order valence-corrected chi connectivity index (χ2v) is 9.31. The third kappa shape index (κ3) is 5.93. The fraction of sp³-hybridized carbons (Fsp3) is 0.179. The van der Waals surface area contributed by atoms with Crippen molar-refractivity contribution in [2.24, 2.45) is 0 Å². The van der Waals surface area contributed by atoms with E-state index in [0.29, 0.717) is 54.4 Å². The molecule has 3 heterocycles. The highest BCUT2D eigenvalue weighted by atomic mass is 35.5. The number of nitrogens with zero attached hydrogens (tertiary/aromatic N) is 4. The van der Waals surface area contributed by atoms with Crippen LogP contribution in [0.2, 0.25) is 5.15 Å². The van der Waals surface area contributed by atoms with E-state index in [1.165, 1.54) is 6.08 Å². The predicted molar refractivity (Wildman–Crippen MR) is 145 cm³/mol. The number of hydrogen-bond donors (Lipinski definition) is 1. The van der Waals surface area contributed by atoms with Gasteiger partial charge in [0.1, 0.15) is 22.6 Å². The molecule has 1 aliphatic heterocycles. The molecule has 0 bridgehead atoms. The lowest BCUT2D eigenvalue weighted by atomic mass is 10.0. The normalized spacial score (nSPS) is 13.2. The number of halogens is 5. The Bertz CT molecular complexity index is 1610. The van der Waals surface area contributed by atoms with Gasteiger partial charge in [-0.15, -0.1) is 12.4 Å². The summed E-state index contributed by atoms with van der Waals surface area (Å²) in [6, 6.07) is 11.8. The summed E-state index contributed by atoms with van der Waals surface area (Å²) in [5, 5.41) is 13.5. The molecule has 0 unspecified atom stereocenters. The molecule has 1 amide bonds. The SMILES string of the molecule is Cl.N#Cc1ccc2c(c1)c1c(n2C(=O)NCc2ccnc(Cl)c2)CCN(C/C=C/c2c(F)cc(F)cc2F)C1. The van der Waals surface area contributed by atoms with Crippen molar-refractivity contribution in [3.63, 3.8) is 0 Å². The van der Waals surface area contributed by atoms with Gasteiger partial charge in [-0.3, -0.25) is 9.47 Å². The first-order chi connectivity index (χ1) is 18.3.